The maximum Gasteiger partial charge on any atom is 0.343 e. The lowest BCUT2D eigenvalue weighted by Crippen LogP contribution is -2.21. The van der Waals surface area contributed by atoms with Crippen molar-refractivity contribution in [3.05, 3.63) is 94.0 Å². The Morgan fingerprint density at radius 1 is 0.450 bits per heavy atom. The number of rotatable bonds is 4. The van der Waals surface area contributed by atoms with Crippen LogP contribution >= 0.6 is 0 Å². The minimum Gasteiger partial charge on any atom is -0.423 e. The summed E-state index contributed by atoms with van der Waals surface area (Å²) >= 11 is 0. The van der Waals surface area contributed by atoms with Gasteiger partial charge in [0.25, 0.3) is 0 Å². The fraction of sp³-hybridized carbons (Fsp3) is 0.444. The number of hydrogen-bond acceptors (Lipinski definition) is 4. The van der Waals surface area contributed by atoms with Crippen molar-refractivity contribution in [2.75, 3.05) is 0 Å². The van der Waals surface area contributed by atoms with Crippen LogP contribution in [0.2, 0.25) is 0 Å². The van der Waals surface area contributed by atoms with Gasteiger partial charge in [0.05, 0.1) is 11.1 Å². The maximum absolute atomic E-state index is 13.3. The van der Waals surface area contributed by atoms with Crippen molar-refractivity contribution >= 4 is 11.9 Å². The average molecular weight is 543 g/mol. The van der Waals surface area contributed by atoms with Crippen LogP contribution in [-0.2, 0) is 21.7 Å². The lowest BCUT2D eigenvalue weighted by Gasteiger charge is -2.28. The molecule has 0 bridgehead atoms. The quantitative estimate of drug-likeness (QED) is 0.243. The summed E-state index contributed by atoms with van der Waals surface area (Å²) in [5.41, 5.74) is 4.06. The van der Waals surface area contributed by atoms with E-state index in [4.69, 9.17) is 9.47 Å². The fourth-order valence-electron chi connectivity index (χ4n) is 4.43. The molecule has 0 aromatic heterocycles. The molecule has 0 amide bonds. The van der Waals surface area contributed by atoms with E-state index >= 15 is 0 Å². The Labute approximate surface area is 241 Å². The lowest BCUT2D eigenvalue weighted by molar-refractivity contribution is 0.0714. The second-order valence-electron chi connectivity index (χ2n) is 14.8. The van der Waals surface area contributed by atoms with Gasteiger partial charge >= 0.3 is 11.9 Å². The van der Waals surface area contributed by atoms with Gasteiger partial charge in [-0.1, -0.05) is 107 Å². The lowest BCUT2D eigenvalue weighted by atomic mass is 9.81. The maximum atomic E-state index is 13.3. The normalized spacial score (nSPS) is 12.7. The highest BCUT2D eigenvalue weighted by Gasteiger charge is 2.29. The van der Waals surface area contributed by atoms with E-state index in [1.54, 1.807) is 0 Å². The van der Waals surface area contributed by atoms with Crippen LogP contribution in [0, 0.1) is 0 Å². The van der Waals surface area contributed by atoms with Crippen LogP contribution < -0.4 is 9.47 Å². The summed E-state index contributed by atoms with van der Waals surface area (Å²) in [7, 11) is 0. The number of benzene rings is 3. The highest BCUT2D eigenvalue weighted by Crippen LogP contribution is 2.42. The molecule has 0 saturated heterocycles. The van der Waals surface area contributed by atoms with E-state index in [2.05, 4.69) is 41.5 Å². The Morgan fingerprint density at radius 2 is 0.725 bits per heavy atom. The molecule has 4 heteroatoms. The molecule has 0 unspecified atom stereocenters. The number of carbonyl (C=O) groups excluding carboxylic acids is 2. The van der Waals surface area contributed by atoms with Crippen LogP contribution in [0.25, 0.3) is 0 Å². The van der Waals surface area contributed by atoms with E-state index in [9.17, 15) is 9.59 Å². The van der Waals surface area contributed by atoms with Gasteiger partial charge in [0.15, 0.2) is 0 Å². The summed E-state index contributed by atoms with van der Waals surface area (Å²) in [5, 5.41) is 0. The average Bonchev–Trinajstić information content (AvgIpc) is 2.82. The molecule has 3 aromatic carbocycles. The molecule has 0 aliphatic rings. The van der Waals surface area contributed by atoms with Crippen LogP contribution in [0.3, 0.4) is 0 Å². The first kappa shape index (κ1) is 31.1. The number of carbonyl (C=O) groups is 2. The fourth-order valence-corrected chi connectivity index (χ4v) is 4.43. The molecule has 3 aromatic rings. The van der Waals surface area contributed by atoms with Crippen molar-refractivity contribution in [3.8, 4) is 11.5 Å². The summed E-state index contributed by atoms with van der Waals surface area (Å²) in [6, 6.07) is 18.8. The Bertz CT molecular complexity index is 1260. The zero-order valence-corrected chi connectivity index (χ0v) is 26.4. The Kier molecular flexibility index (Phi) is 8.46. The molecule has 0 saturated carbocycles. The monoisotopic (exact) mass is 542 g/mol. The molecule has 0 atom stereocenters. The van der Waals surface area contributed by atoms with Gasteiger partial charge in [0, 0.05) is 11.1 Å². The van der Waals surface area contributed by atoms with Gasteiger partial charge in [0.2, 0.25) is 0 Å². The third-order valence-electron chi connectivity index (χ3n) is 7.08. The smallest absolute Gasteiger partial charge is 0.343 e. The Morgan fingerprint density at radius 3 is 0.950 bits per heavy atom. The molecule has 0 aliphatic carbocycles. The second kappa shape index (κ2) is 10.9. The molecule has 0 radical (unpaired) electrons. The minimum atomic E-state index is -0.422. The van der Waals surface area contributed by atoms with Crippen LogP contribution in [-0.4, -0.2) is 11.9 Å². The SMILES string of the molecule is CC(C)(C)c1ccc(C(=O)Oc2cc(C(C)(C)C)c(OC(=O)c3ccc(C(C)(C)C)cc3)cc2C(C)(C)C)cc1. The van der Waals surface area contributed by atoms with Crippen LogP contribution in [0.15, 0.2) is 60.7 Å². The first-order valence-electron chi connectivity index (χ1n) is 14.0. The minimum absolute atomic E-state index is 0.00859. The zero-order chi connectivity index (χ0) is 30.3. The predicted octanol–water partition coefficient (Wildman–Crippen LogP) is 9.32. The van der Waals surface area contributed by atoms with Crippen LogP contribution in [0.4, 0.5) is 0 Å². The molecule has 0 fully saturated rings. The van der Waals surface area contributed by atoms with Gasteiger partial charge in [-0.25, -0.2) is 9.59 Å². The summed E-state index contributed by atoms with van der Waals surface area (Å²) in [5.74, 6) is 0.0947. The van der Waals surface area contributed by atoms with Crippen molar-refractivity contribution in [1.29, 1.82) is 0 Å². The Balaban J connectivity index is 2.01. The van der Waals surface area contributed by atoms with Gasteiger partial charge in [-0.05, 0) is 69.2 Å². The molecule has 3 rings (SSSR count). The van der Waals surface area contributed by atoms with Gasteiger partial charge in [0.1, 0.15) is 11.5 Å². The number of ether oxygens (including phenoxy) is 2. The van der Waals surface area contributed by atoms with Crippen molar-refractivity contribution < 1.29 is 19.1 Å². The van der Waals surface area contributed by atoms with Gasteiger partial charge in [-0.15, -0.1) is 0 Å². The highest BCUT2D eigenvalue weighted by molar-refractivity contribution is 5.92. The van der Waals surface area contributed by atoms with E-state index in [1.807, 2.05) is 102 Å². The van der Waals surface area contributed by atoms with Gasteiger partial charge in [-0.3, -0.25) is 0 Å². The summed E-state index contributed by atoms with van der Waals surface area (Å²) in [6.07, 6.45) is 0. The summed E-state index contributed by atoms with van der Waals surface area (Å²) in [4.78, 5) is 26.5. The summed E-state index contributed by atoms with van der Waals surface area (Å²) in [6.45, 7) is 25.1. The molecule has 214 valence electrons. The van der Waals surface area contributed by atoms with Crippen molar-refractivity contribution in [3.63, 3.8) is 0 Å². The van der Waals surface area contributed by atoms with E-state index in [0.29, 0.717) is 22.6 Å². The molecule has 0 aliphatic heterocycles. The third kappa shape index (κ3) is 7.41. The largest absolute Gasteiger partial charge is 0.423 e. The highest BCUT2D eigenvalue weighted by atomic mass is 16.5. The molecule has 4 nitrogen and oxygen atoms in total. The van der Waals surface area contributed by atoms with Crippen LogP contribution in [0.5, 0.6) is 11.5 Å². The van der Waals surface area contributed by atoms with Crippen LogP contribution in [0.1, 0.15) is 126 Å². The standard InChI is InChI=1S/C36H46O4/c1-33(2,3)25-17-13-23(14-18-25)31(37)39-29-21-28(36(10,11)12)30(22-27(29)35(7,8)9)40-32(38)24-15-19-26(20-16-24)34(4,5)6/h13-22H,1-12H3. The molecular weight excluding hydrogens is 496 g/mol. The molecular formula is C36H46O4. The van der Waals surface area contributed by atoms with Crippen molar-refractivity contribution in [2.24, 2.45) is 0 Å². The molecule has 0 heterocycles. The third-order valence-corrected chi connectivity index (χ3v) is 7.08. The van der Waals surface area contributed by atoms with Gasteiger partial charge < -0.3 is 9.47 Å². The summed E-state index contributed by atoms with van der Waals surface area (Å²) < 4.78 is 12.1. The zero-order valence-electron chi connectivity index (χ0n) is 26.4. The van der Waals surface area contributed by atoms with E-state index in [0.717, 1.165) is 22.3 Å². The first-order valence-corrected chi connectivity index (χ1v) is 14.0. The molecule has 40 heavy (non-hydrogen) atoms. The van der Waals surface area contributed by atoms with E-state index in [-0.39, 0.29) is 21.7 Å². The van der Waals surface area contributed by atoms with E-state index in [1.165, 1.54) is 0 Å². The van der Waals surface area contributed by atoms with Crippen molar-refractivity contribution in [1.82, 2.24) is 0 Å². The molecule has 0 spiro atoms. The number of esters is 2. The van der Waals surface area contributed by atoms with E-state index < -0.39 is 11.9 Å². The Hall–Kier alpha value is -3.40. The predicted molar refractivity (Wildman–Crippen MR) is 164 cm³/mol. The number of hydrogen-bond donors (Lipinski definition) is 0. The topological polar surface area (TPSA) is 52.6 Å². The van der Waals surface area contributed by atoms with Gasteiger partial charge in [-0.2, -0.15) is 0 Å². The van der Waals surface area contributed by atoms with Crippen molar-refractivity contribution in [2.45, 2.75) is 105 Å². The molecule has 0 N–H and O–H groups in total. The second-order valence-corrected chi connectivity index (χ2v) is 14.8. The first-order chi connectivity index (χ1) is 18.2.